The topological polar surface area (TPSA) is 60.0 Å². The average Bonchev–Trinajstić information content (AvgIpc) is 2.65. The Morgan fingerprint density at radius 1 is 1.53 bits per heavy atom. The monoisotopic (exact) mass is 323 g/mol. The molecule has 1 fully saturated rings. The fourth-order valence-electron chi connectivity index (χ4n) is 2.86. The summed E-state index contributed by atoms with van der Waals surface area (Å²) in [7, 11) is 2.18. The molecule has 1 aliphatic heterocycles. The molecular weight excluding hydrogens is 306 g/mol. The summed E-state index contributed by atoms with van der Waals surface area (Å²) in [6, 6.07) is 1.96. The Kier molecular flexibility index (Phi) is 3.45. The quantitative estimate of drug-likeness (QED) is 0.919. The number of hydrogen-bond donors (Lipinski definition) is 1. The third-order valence-electron chi connectivity index (χ3n) is 3.74. The van der Waals surface area contributed by atoms with Crippen LogP contribution < -0.4 is 5.73 Å². The van der Waals surface area contributed by atoms with Crippen molar-refractivity contribution in [3.8, 4) is 0 Å². The highest BCUT2D eigenvalue weighted by molar-refractivity contribution is 9.10. The number of nitrogens with zero attached hydrogens (tertiary/aromatic N) is 4. The van der Waals surface area contributed by atoms with Crippen molar-refractivity contribution in [1.29, 1.82) is 0 Å². The van der Waals surface area contributed by atoms with Gasteiger partial charge in [-0.15, -0.1) is 0 Å². The molecule has 0 amide bonds. The van der Waals surface area contributed by atoms with E-state index in [1.165, 1.54) is 19.4 Å². The van der Waals surface area contributed by atoms with Crippen LogP contribution in [0.1, 0.15) is 12.8 Å². The summed E-state index contributed by atoms with van der Waals surface area (Å²) in [6.45, 7) is 3.22. The molecule has 19 heavy (non-hydrogen) atoms. The molecule has 2 aromatic rings. The first-order valence-electron chi connectivity index (χ1n) is 6.59. The summed E-state index contributed by atoms with van der Waals surface area (Å²) in [6.07, 6.45) is 4.31. The van der Waals surface area contributed by atoms with Crippen molar-refractivity contribution in [2.45, 2.75) is 19.4 Å². The van der Waals surface area contributed by atoms with E-state index in [9.17, 15) is 0 Å². The first-order chi connectivity index (χ1) is 9.13. The van der Waals surface area contributed by atoms with Gasteiger partial charge in [-0.25, -0.2) is 9.97 Å². The second-order valence-electron chi connectivity index (χ2n) is 5.35. The first-order valence-corrected chi connectivity index (χ1v) is 7.38. The molecule has 3 rings (SSSR count). The molecule has 1 unspecified atom stereocenters. The summed E-state index contributed by atoms with van der Waals surface area (Å²) < 4.78 is 2.98. The Labute approximate surface area is 120 Å². The molecular formula is C13H18BrN5. The molecule has 1 aliphatic rings. The molecule has 0 aromatic carbocycles. The number of likely N-dealkylation sites (tertiary alicyclic amines) is 1. The van der Waals surface area contributed by atoms with Gasteiger partial charge in [-0.1, -0.05) is 0 Å². The van der Waals surface area contributed by atoms with Crippen LogP contribution in [0.15, 0.2) is 16.7 Å². The number of imidazole rings is 1. The zero-order valence-electron chi connectivity index (χ0n) is 11.0. The molecule has 0 saturated carbocycles. The van der Waals surface area contributed by atoms with Crippen molar-refractivity contribution in [1.82, 2.24) is 19.4 Å². The third-order valence-corrected chi connectivity index (χ3v) is 4.18. The van der Waals surface area contributed by atoms with Gasteiger partial charge in [0.1, 0.15) is 5.52 Å². The number of piperidine rings is 1. The number of rotatable bonds is 2. The lowest BCUT2D eigenvalue weighted by Crippen LogP contribution is -2.34. The maximum absolute atomic E-state index is 6.04. The summed E-state index contributed by atoms with van der Waals surface area (Å²) in [5.41, 5.74) is 7.78. The van der Waals surface area contributed by atoms with E-state index < -0.39 is 0 Å². The van der Waals surface area contributed by atoms with Crippen molar-refractivity contribution in [3.05, 3.63) is 16.7 Å². The Morgan fingerprint density at radius 2 is 2.37 bits per heavy atom. The molecule has 0 aliphatic carbocycles. The molecule has 0 spiro atoms. The predicted molar refractivity (Wildman–Crippen MR) is 79.9 cm³/mol. The molecule has 102 valence electrons. The van der Waals surface area contributed by atoms with Gasteiger partial charge in [-0.2, -0.15) is 0 Å². The molecule has 6 heteroatoms. The van der Waals surface area contributed by atoms with Gasteiger partial charge in [-0.05, 0) is 54.3 Å². The second kappa shape index (κ2) is 5.09. The van der Waals surface area contributed by atoms with Crippen LogP contribution in [0.2, 0.25) is 0 Å². The molecule has 1 saturated heterocycles. The number of aromatic nitrogens is 3. The Balaban J connectivity index is 1.89. The minimum absolute atomic E-state index is 0.564. The molecule has 1 atom stereocenters. The van der Waals surface area contributed by atoms with Crippen molar-refractivity contribution in [2.24, 2.45) is 5.92 Å². The SMILES string of the molecule is CN1CCCC(Cn2c(N)nc3cc(Br)cnc32)C1. The molecule has 0 bridgehead atoms. The van der Waals surface area contributed by atoms with E-state index in [1.807, 2.05) is 10.6 Å². The van der Waals surface area contributed by atoms with Gasteiger partial charge in [0.25, 0.3) is 0 Å². The van der Waals surface area contributed by atoms with E-state index >= 15 is 0 Å². The Morgan fingerprint density at radius 3 is 3.16 bits per heavy atom. The smallest absolute Gasteiger partial charge is 0.202 e. The van der Waals surface area contributed by atoms with Gasteiger partial charge in [-0.3, -0.25) is 4.57 Å². The average molecular weight is 324 g/mol. The standard InChI is InChI=1S/C13H18BrN5/c1-18-4-2-3-9(7-18)8-19-12-11(17-13(19)15)5-10(14)6-16-12/h5-6,9H,2-4,7-8H2,1H3,(H2,15,17). The normalized spacial score (nSPS) is 21.1. The number of fused-ring (bicyclic) bond motifs is 1. The molecule has 3 heterocycles. The third kappa shape index (κ3) is 2.60. The number of anilines is 1. The van der Waals surface area contributed by atoms with Gasteiger partial charge in [0.15, 0.2) is 5.65 Å². The summed E-state index contributed by atoms with van der Waals surface area (Å²) in [5.74, 6) is 1.19. The molecule has 2 N–H and O–H groups in total. The number of pyridine rings is 1. The summed E-state index contributed by atoms with van der Waals surface area (Å²) in [5, 5.41) is 0. The van der Waals surface area contributed by atoms with Gasteiger partial charge < -0.3 is 10.6 Å². The molecule has 5 nitrogen and oxygen atoms in total. The second-order valence-corrected chi connectivity index (χ2v) is 6.26. The molecule has 0 radical (unpaired) electrons. The van der Waals surface area contributed by atoms with E-state index in [0.29, 0.717) is 11.9 Å². The van der Waals surface area contributed by atoms with Gasteiger partial charge in [0.05, 0.1) is 0 Å². The van der Waals surface area contributed by atoms with E-state index in [0.717, 1.165) is 28.7 Å². The fraction of sp³-hybridized carbons (Fsp3) is 0.538. The predicted octanol–water partition coefficient (Wildman–Crippen LogP) is 2.12. The van der Waals surface area contributed by atoms with Crippen molar-refractivity contribution in [2.75, 3.05) is 25.9 Å². The van der Waals surface area contributed by atoms with Gasteiger partial charge in [0.2, 0.25) is 5.95 Å². The van der Waals surface area contributed by atoms with Crippen molar-refractivity contribution < 1.29 is 0 Å². The number of nitrogens with two attached hydrogens (primary N) is 1. The zero-order valence-corrected chi connectivity index (χ0v) is 12.6. The van der Waals surface area contributed by atoms with E-state index in [2.05, 4.69) is 37.8 Å². The Hall–Kier alpha value is -1.14. The number of nitrogen functional groups attached to an aromatic ring is 1. The van der Waals surface area contributed by atoms with Crippen molar-refractivity contribution in [3.63, 3.8) is 0 Å². The van der Waals surface area contributed by atoms with Crippen LogP contribution in [0.25, 0.3) is 11.2 Å². The van der Waals surface area contributed by atoms with Crippen LogP contribution in [0.3, 0.4) is 0 Å². The van der Waals surface area contributed by atoms with Crippen LogP contribution in [0, 0.1) is 5.92 Å². The maximum Gasteiger partial charge on any atom is 0.202 e. The summed E-state index contributed by atoms with van der Waals surface area (Å²) in [4.78, 5) is 11.2. The zero-order chi connectivity index (χ0) is 13.4. The maximum atomic E-state index is 6.04. The van der Waals surface area contributed by atoms with Gasteiger partial charge >= 0.3 is 0 Å². The van der Waals surface area contributed by atoms with Crippen LogP contribution in [-0.4, -0.2) is 39.6 Å². The van der Waals surface area contributed by atoms with Crippen LogP contribution in [-0.2, 0) is 6.54 Å². The largest absolute Gasteiger partial charge is 0.369 e. The van der Waals surface area contributed by atoms with Crippen LogP contribution in [0.4, 0.5) is 5.95 Å². The van der Waals surface area contributed by atoms with Crippen LogP contribution >= 0.6 is 15.9 Å². The number of hydrogen-bond acceptors (Lipinski definition) is 4. The molecule has 2 aromatic heterocycles. The first kappa shape index (κ1) is 12.9. The fourth-order valence-corrected chi connectivity index (χ4v) is 3.18. The van der Waals surface area contributed by atoms with E-state index in [-0.39, 0.29) is 0 Å². The van der Waals surface area contributed by atoms with E-state index in [4.69, 9.17) is 5.73 Å². The highest BCUT2D eigenvalue weighted by Crippen LogP contribution is 2.23. The lowest BCUT2D eigenvalue weighted by molar-refractivity contribution is 0.196. The highest BCUT2D eigenvalue weighted by atomic mass is 79.9. The van der Waals surface area contributed by atoms with E-state index in [1.54, 1.807) is 6.20 Å². The van der Waals surface area contributed by atoms with Gasteiger partial charge in [0, 0.05) is 23.8 Å². The highest BCUT2D eigenvalue weighted by Gasteiger charge is 2.20. The number of halogens is 1. The van der Waals surface area contributed by atoms with Crippen molar-refractivity contribution >= 4 is 33.0 Å². The Bertz CT molecular complexity index is 594. The lowest BCUT2D eigenvalue weighted by Gasteiger charge is -2.30. The summed E-state index contributed by atoms with van der Waals surface area (Å²) >= 11 is 3.41. The van der Waals surface area contributed by atoms with Crippen LogP contribution in [0.5, 0.6) is 0 Å². The minimum atomic E-state index is 0.564. The minimum Gasteiger partial charge on any atom is -0.369 e. The lowest BCUT2D eigenvalue weighted by atomic mass is 9.98.